The highest BCUT2D eigenvalue weighted by Crippen LogP contribution is 2.40. The summed E-state index contributed by atoms with van der Waals surface area (Å²) in [6.45, 7) is -0.164. The van der Waals surface area contributed by atoms with Crippen LogP contribution in [0.4, 0.5) is 0 Å². The third-order valence-electron chi connectivity index (χ3n) is 3.23. The molecule has 0 spiro atoms. The molecule has 7 heteroatoms. The van der Waals surface area contributed by atoms with Crippen LogP contribution >= 0.6 is 15.9 Å². The average Bonchev–Trinajstić information content (AvgIpc) is 3.12. The number of fused-ring (bicyclic) bond motifs is 1. The van der Waals surface area contributed by atoms with E-state index in [9.17, 15) is 9.59 Å². The Morgan fingerprint density at radius 3 is 2.75 bits per heavy atom. The minimum atomic E-state index is -1.01. The van der Waals surface area contributed by atoms with E-state index in [2.05, 4.69) is 15.9 Å². The molecule has 1 saturated carbocycles. The number of hydrogen-bond acceptors (Lipinski definition) is 4. The van der Waals surface area contributed by atoms with Crippen LogP contribution in [0.1, 0.15) is 23.2 Å². The lowest BCUT2D eigenvalue weighted by Gasteiger charge is -2.20. The fourth-order valence-electron chi connectivity index (χ4n) is 2.16. The van der Waals surface area contributed by atoms with E-state index < -0.39 is 5.97 Å². The minimum Gasteiger partial charge on any atom is -0.480 e. The molecule has 1 N–H and O–H groups in total. The van der Waals surface area contributed by atoms with Gasteiger partial charge < -0.3 is 19.5 Å². The monoisotopic (exact) mass is 341 g/mol. The van der Waals surface area contributed by atoms with Crippen LogP contribution in [0.15, 0.2) is 16.6 Å². The Labute approximate surface area is 123 Å². The van der Waals surface area contributed by atoms with Crippen molar-refractivity contribution in [2.24, 2.45) is 0 Å². The maximum Gasteiger partial charge on any atom is 0.323 e. The molecule has 0 bridgehead atoms. The number of carboxylic acid groups (broad SMARTS) is 1. The van der Waals surface area contributed by atoms with E-state index in [0.29, 0.717) is 21.5 Å². The van der Waals surface area contributed by atoms with Crippen molar-refractivity contribution in [2.45, 2.75) is 18.9 Å². The number of rotatable bonds is 4. The fourth-order valence-corrected chi connectivity index (χ4v) is 2.71. The van der Waals surface area contributed by atoms with Gasteiger partial charge in [-0.25, -0.2) is 0 Å². The highest BCUT2D eigenvalue weighted by Gasteiger charge is 2.35. The molecule has 1 aliphatic carbocycles. The second-order valence-electron chi connectivity index (χ2n) is 4.75. The summed E-state index contributed by atoms with van der Waals surface area (Å²) in [5.74, 6) is -0.245. The Morgan fingerprint density at radius 2 is 2.10 bits per heavy atom. The number of halogens is 1. The Kier molecular flexibility index (Phi) is 3.29. The Bertz CT molecular complexity index is 584. The Morgan fingerprint density at radius 1 is 1.35 bits per heavy atom. The standard InChI is InChI=1S/C13H12BrNO5/c14-9-3-7(4-10-12(9)20-6-19-10)13(18)15(5-11(16)17)8-1-2-8/h3-4,8H,1-2,5-6H2,(H,16,17). The Balaban J connectivity index is 1.89. The predicted octanol–water partition coefficient (Wildman–Crippen LogP) is 1.87. The van der Waals surface area contributed by atoms with E-state index in [0.717, 1.165) is 12.8 Å². The van der Waals surface area contributed by atoms with Crippen LogP contribution in [-0.4, -0.2) is 41.3 Å². The van der Waals surface area contributed by atoms with Gasteiger partial charge in [0.25, 0.3) is 5.91 Å². The van der Waals surface area contributed by atoms with Gasteiger partial charge in [0, 0.05) is 11.6 Å². The largest absolute Gasteiger partial charge is 0.480 e. The van der Waals surface area contributed by atoms with Crippen molar-refractivity contribution >= 4 is 27.8 Å². The summed E-state index contributed by atoms with van der Waals surface area (Å²) >= 11 is 3.33. The van der Waals surface area contributed by atoms with E-state index in [4.69, 9.17) is 14.6 Å². The van der Waals surface area contributed by atoms with Gasteiger partial charge in [-0.3, -0.25) is 9.59 Å². The van der Waals surface area contributed by atoms with Crippen molar-refractivity contribution in [3.8, 4) is 11.5 Å². The number of carbonyl (C=O) groups excluding carboxylic acids is 1. The molecule has 1 heterocycles. The molecule has 2 aliphatic rings. The first kappa shape index (κ1) is 13.2. The van der Waals surface area contributed by atoms with Crippen LogP contribution < -0.4 is 9.47 Å². The lowest BCUT2D eigenvalue weighted by Crippen LogP contribution is -2.37. The van der Waals surface area contributed by atoms with Gasteiger partial charge in [0.05, 0.1) is 4.47 Å². The fraction of sp³-hybridized carbons (Fsp3) is 0.385. The zero-order valence-electron chi connectivity index (χ0n) is 10.5. The zero-order chi connectivity index (χ0) is 14.3. The van der Waals surface area contributed by atoms with Crippen LogP contribution in [0.5, 0.6) is 11.5 Å². The summed E-state index contributed by atoms with van der Waals surface area (Å²) in [7, 11) is 0. The van der Waals surface area contributed by atoms with Crippen molar-refractivity contribution in [1.29, 1.82) is 0 Å². The van der Waals surface area contributed by atoms with Gasteiger partial charge >= 0.3 is 5.97 Å². The maximum atomic E-state index is 12.5. The molecule has 0 saturated heterocycles. The van der Waals surface area contributed by atoms with Gasteiger partial charge in [0.2, 0.25) is 6.79 Å². The predicted molar refractivity (Wildman–Crippen MR) is 72.0 cm³/mol. The highest BCUT2D eigenvalue weighted by atomic mass is 79.9. The summed E-state index contributed by atoms with van der Waals surface area (Å²) in [6, 6.07) is 3.25. The molecular weight excluding hydrogens is 330 g/mol. The third kappa shape index (κ3) is 2.45. The number of amides is 1. The normalized spacial score (nSPS) is 16.1. The lowest BCUT2D eigenvalue weighted by atomic mass is 10.1. The van der Waals surface area contributed by atoms with Crippen LogP contribution in [-0.2, 0) is 4.79 Å². The van der Waals surface area contributed by atoms with Gasteiger partial charge in [-0.2, -0.15) is 0 Å². The summed E-state index contributed by atoms with van der Waals surface area (Å²) < 4.78 is 11.2. The number of hydrogen-bond donors (Lipinski definition) is 1. The van der Waals surface area contributed by atoms with Gasteiger partial charge in [0.1, 0.15) is 6.54 Å². The van der Waals surface area contributed by atoms with Gasteiger partial charge in [-0.1, -0.05) is 0 Å². The van der Waals surface area contributed by atoms with E-state index in [1.165, 1.54) is 4.90 Å². The van der Waals surface area contributed by atoms with Gasteiger partial charge in [-0.15, -0.1) is 0 Å². The number of aliphatic carboxylic acids is 1. The molecule has 1 fully saturated rings. The second-order valence-corrected chi connectivity index (χ2v) is 5.60. The zero-order valence-corrected chi connectivity index (χ0v) is 12.1. The number of carboxylic acids is 1. The summed E-state index contributed by atoms with van der Waals surface area (Å²) in [5.41, 5.74) is 0.397. The van der Waals surface area contributed by atoms with Crippen LogP contribution in [0.3, 0.4) is 0 Å². The number of nitrogens with zero attached hydrogens (tertiary/aromatic N) is 1. The van der Waals surface area contributed by atoms with E-state index in [-0.39, 0.29) is 25.3 Å². The topological polar surface area (TPSA) is 76.1 Å². The van der Waals surface area contributed by atoms with Crippen molar-refractivity contribution in [3.63, 3.8) is 0 Å². The molecule has 6 nitrogen and oxygen atoms in total. The molecule has 0 aromatic heterocycles. The molecule has 0 radical (unpaired) electrons. The lowest BCUT2D eigenvalue weighted by molar-refractivity contribution is -0.137. The molecule has 1 aromatic rings. The highest BCUT2D eigenvalue weighted by molar-refractivity contribution is 9.10. The van der Waals surface area contributed by atoms with E-state index in [1.807, 2.05) is 0 Å². The summed E-state index contributed by atoms with van der Waals surface area (Å²) in [5, 5.41) is 8.92. The number of benzene rings is 1. The van der Waals surface area contributed by atoms with Crippen molar-refractivity contribution in [1.82, 2.24) is 4.90 Å². The molecule has 106 valence electrons. The quantitative estimate of drug-likeness (QED) is 0.904. The summed E-state index contributed by atoms with van der Waals surface area (Å²) in [6.07, 6.45) is 1.70. The van der Waals surface area contributed by atoms with Crippen molar-refractivity contribution in [2.75, 3.05) is 13.3 Å². The SMILES string of the molecule is O=C(O)CN(C(=O)c1cc(Br)c2c(c1)OCO2)C1CC1. The molecule has 0 atom stereocenters. The van der Waals surface area contributed by atoms with Crippen molar-refractivity contribution in [3.05, 3.63) is 22.2 Å². The van der Waals surface area contributed by atoms with Crippen LogP contribution in [0, 0.1) is 0 Å². The molecule has 3 rings (SSSR count). The number of ether oxygens (including phenoxy) is 2. The second kappa shape index (κ2) is 4.97. The molecule has 0 unspecified atom stereocenters. The molecule has 1 aromatic carbocycles. The minimum absolute atomic E-state index is 0.0304. The molecular formula is C13H12BrNO5. The Hall–Kier alpha value is -1.76. The van der Waals surface area contributed by atoms with E-state index >= 15 is 0 Å². The van der Waals surface area contributed by atoms with Gasteiger partial charge in [0.15, 0.2) is 11.5 Å². The van der Waals surface area contributed by atoms with Crippen LogP contribution in [0.25, 0.3) is 0 Å². The first-order chi connectivity index (χ1) is 9.56. The first-order valence-corrected chi connectivity index (χ1v) is 6.97. The smallest absolute Gasteiger partial charge is 0.323 e. The number of carbonyl (C=O) groups is 2. The van der Waals surface area contributed by atoms with Gasteiger partial charge in [-0.05, 0) is 40.9 Å². The van der Waals surface area contributed by atoms with Crippen LogP contribution in [0.2, 0.25) is 0 Å². The first-order valence-electron chi connectivity index (χ1n) is 6.18. The van der Waals surface area contributed by atoms with Crippen molar-refractivity contribution < 1.29 is 24.2 Å². The molecule has 20 heavy (non-hydrogen) atoms. The summed E-state index contributed by atoms with van der Waals surface area (Å²) in [4.78, 5) is 24.7. The molecule has 1 amide bonds. The van der Waals surface area contributed by atoms with E-state index in [1.54, 1.807) is 12.1 Å². The average molecular weight is 342 g/mol. The third-order valence-corrected chi connectivity index (χ3v) is 3.82. The maximum absolute atomic E-state index is 12.5. The molecule has 1 aliphatic heterocycles.